The van der Waals surface area contributed by atoms with Gasteiger partial charge in [0, 0.05) is 12.8 Å². The Bertz CT molecular complexity index is 361. The van der Waals surface area contributed by atoms with E-state index in [-0.39, 0.29) is 18.8 Å². The van der Waals surface area contributed by atoms with Crippen LogP contribution in [-0.2, 0) is 6.42 Å². The second-order valence-electron chi connectivity index (χ2n) is 5.30. The van der Waals surface area contributed by atoms with Crippen molar-refractivity contribution >= 4 is 0 Å². The van der Waals surface area contributed by atoms with Gasteiger partial charge in [-0.15, -0.1) is 0 Å². The SMILES string of the molecule is CC(C)Cc1cccc(C2CC(F)(F)C2)c1. The molecule has 0 heterocycles. The minimum absolute atomic E-state index is 0.0259. The van der Waals surface area contributed by atoms with Gasteiger partial charge in [-0.2, -0.15) is 0 Å². The number of hydrogen-bond acceptors (Lipinski definition) is 0. The van der Waals surface area contributed by atoms with Crippen molar-refractivity contribution in [1.29, 1.82) is 0 Å². The predicted molar refractivity (Wildman–Crippen MR) is 61.9 cm³/mol. The van der Waals surface area contributed by atoms with Crippen LogP contribution in [-0.4, -0.2) is 5.92 Å². The molecule has 0 bridgehead atoms. The van der Waals surface area contributed by atoms with E-state index in [0.717, 1.165) is 12.0 Å². The second kappa shape index (κ2) is 4.15. The summed E-state index contributed by atoms with van der Waals surface area (Å²) in [5.41, 5.74) is 2.35. The standard InChI is InChI=1S/C14H18F2/c1-10(2)6-11-4-3-5-12(7-11)13-8-14(15,16)9-13/h3-5,7,10,13H,6,8-9H2,1-2H3. The van der Waals surface area contributed by atoms with Crippen molar-refractivity contribution in [2.24, 2.45) is 5.92 Å². The van der Waals surface area contributed by atoms with Gasteiger partial charge >= 0.3 is 0 Å². The zero-order chi connectivity index (χ0) is 11.8. The van der Waals surface area contributed by atoms with Crippen LogP contribution in [0, 0.1) is 5.92 Å². The van der Waals surface area contributed by atoms with E-state index in [1.807, 2.05) is 12.1 Å². The third-order valence-electron chi connectivity index (χ3n) is 3.16. The van der Waals surface area contributed by atoms with E-state index in [0.29, 0.717) is 5.92 Å². The average molecular weight is 224 g/mol. The molecule has 0 spiro atoms. The molecule has 2 rings (SSSR count). The first-order valence-corrected chi connectivity index (χ1v) is 5.93. The molecule has 0 amide bonds. The largest absolute Gasteiger partial charge is 0.249 e. The Morgan fingerprint density at radius 2 is 2.00 bits per heavy atom. The first-order valence-electron chi connectivity index (χ1n) is 5.93. The Labute approximate surface area is 95.7 Å². The fraction of sp³-hybridized carbons (Fsp3) is 0.571. The van der Waals surface area contributed by atoms with Crippen molar-refractivity contribution in [2.75, 3.05) is 0 Å². The fourth-order valence-corrected chi connectivity index (χ4v) is 2.34. The van der Waals surface area contributed by atoms with E-state index < -0.39 is 5.92 Å². The molecule has 0 aromatic heterocycles. The lowest BCUT2D eigenvalue weighted by Crippen LogP contribution is -2.33. The van der Waals surface area contributed by atoms with Gasteiger partial charge in [0.25, 0.3) is 0 Å². The van der Waals surface area contributed by atoms with Crippen molar-refractivity contribution in [1.82, 2.24) is 0 Å². The minimum Gasteiger partial charge on any atom is -0.207 e. The predicted octanol–water partition coefficient (Wildman–Crippen LogP) is 4.40. The summed E-state index contributed by atoms with van der Waals surface area (Å²) in [5, 5.41) is 0. The summed E-state index contributed by atoms with van der Waals surface area (Å²) in [6.45, 7) is 4.34. The van der Waals surface area contributed by atoms with Crippen LogP contribution in [0.15, 0.2) is 24.3 Å². The maximum Gasteiger partial charge on any atom is 0.249 e. The van der Waals surface area contributed by atoms with Gasteiger partial charge in [0.2, 0.25) is 5.92 Å². The van der Waals surface area contributed by atoms with Gasteiger partial charge in [-0.05, 0) is 29.4 Å². The second-order valence-corrected chi connectivity index (χ2v) is 5.30. The normalized spacial score (nSPS) is 19.8. The van der Waals surface area contributed by atoms with Crippen LogP contribution < -0.4 is 0 Å². The van der Waals surface area contributed by atoms with E-state index in [1.54, 1.807) is 0 Å². The molecule has 2 heteroatoms. The molecule has 1 aliphatic rings. The fourth-order valence-electron chi connectivity index (χ4n) is 2.34. The highest BCUT2D eigenvalue weighted by Crippen LogP contribution is 2.48. The van der Waals surface area contributed by atoms with E-state index in [1.165, 1.54) is 5.56 Å². The maximum atomic E-state index is 12.8. The van der Waals surface area contributed by atoms with Crippen molar-refractivity contribution in [3.63, 3.8) is 0 Å². The Morgan fingerprint density at radius 1 is 1.31 bits per heavy atom. The number of rotatable bonds is 3. The van der Waals surface area contributed by atoms with E-state index >= 15 is 0 Å². The first kappa shape index (κ1) is 11.6. The zero-order valence-electron chi connectivity index (χ0n) is 9.84. The smallest absolute Gasteiger partial charge is 0.207 e. The highest BCUT2D eigenvalue weighted by molar-refractivity contribution is 5.29. The third kappa shape index (κ3) is 2.60. The van der Waals surface area contributed by atoms with Gasteiger partial charge in [-0.1, -0.05) is 38.1 Å². The molecule has 0 N–H and O–H groups in total. The van der Waals surface area contributed by atoms with Crippen molar-refractivity contribution in [3.05, 3.63) is 35.4 Å². The lowest BCUT2D eigenvalue weighted by Gasteiger charge is -2.35. The molecule has 1 aromatic rings. The number of hydrogen-bond donors (Lipinski definition) is 0. The maximum absolute atomic E-state index is 12.8. The van der Waals surface area contributed by atoms with Crippen LogP contribution in [0.1, 0.15) is 43.7 Å². The van der Waals surface area contributed by atoms with Gasteiger partial charge in [-0.3, -0.25) is 0 Å². The van der Waals surface area contributed by atoms with Crippen LogP contribution in [0.25, 0.3) is 0 Å². The van der Waals surface area contributed by atoms with Gasteiger partial charge in [0.05, 0.1) is 0 Å². The minimum atomic E-state index is -2.42. The number of alkyl halides is 2. The Kier molecular flexibility index (Phi) is 3.00. The molecule has 1 aliphatic carbocycles. The summed E-state index contributed by atoms with van der Waals surface area (Å²) in [6, 6.07) is 8.15. The summed E-state index contributed by atoms with van der Waals surface area (Å²) < 4.78 is 25.6. The Balaban J connectivity index is 2.06. The Morgan fingerprint density at radius 3 is 2.56 bits per heavy atom. The summed E-state index contributed by atoms with van der Waals surface area (Å²) in [6.07, 6.45) is 1.08. The molecular weight excluding hydrogens is 206 g/mol. The molecule has 0 radical (unpaired) electrons. The van der Waals surface area contributed by atoms with Crippen molar-refractivity contribution in [3.8, 4) is 0 Å². The lowest BCUT2D eigenvalue weighted by molar-refractivity contribution is -0.0867. The highest BCUT2D eigenvalue weighted by Gasteiger charge is 2.45. The number of halogens is 2. The third-order valence-corrected chi connectivity index (χ3v) is 3.16. The Hall–Kier alpha value is -0.920. The first-order chi connectivity index (χ1) is 7.46. The topological polar surface area (TPSA) is 0 Å². The quantitative estimate of drug-likeness (QED) is 0.714. The zero-order valence-corrected chi connectivity index (χ0v) is 9.84. The molecule has 0 unspecified atom stereocenters. The molecule has 0 nitrogen and oxygen atoms in total. The molecule has 1 fully saturated rings. The van der Waals surface area contributed by atoms with Crippen LogP contribution >= 0.6 is 0 Å². The highest BCUT2D eigenvalue weighted by atomic mass is 19.3. The molecule has 88 valence electrons. The van der Waals surface area contributed by atoms with E-state index in [4.69, 9.17) is 0 Å². The van der Waals surface area contributed by atoms with E-state index in [2.05, 4.69) is 26.0 Å². The molecule has 1 aromatic carbocycles. The summed E-state index contributed by atoms with van der Waals surface area (Å²) >= 11 is 0. The molecule has 0 aliphatic heterocycles. The van der Waals surface area contributed by atoms with Crippen LogP contribution in [0.2, 0.25) is 0 Å². The molecule has 16 heavy (non-hydrogen) atoms. The van der Waals surface area contributed by atoms with Gasteiger partial charge in [-0.25, -0.2) is 8.78 Å². The lowest BCUT2D eigenvalue weighted by atomic mass is 9.76. The van der Waals surface area contributed by atoms with Gasteiger partial charge < -0.3 is 0 Å². The van der Waals surface area contributed by atoms with Crippen LogP contribution in [0.3, 0.4) is 0 Å². The summed E-state index contributed by atoms with van der Waals surface area (Å²) in [5.74, 6) is -1.74. The van der Waals surface area contributed by atoms with Crippen molar-refractivity contribution < 1.29 is 8.78 Å². The summed E-state index contributed by atoms with van der Waals surface area (Å²) in [4.78, 5) is 0. The van der Waals surface area contributed by atoms with Gasteiger partial charge in [0.1, 0.15) is 0 Å². The molecule has 1 saturated carbocycles. The molecule has 0 atom stereocenters. The average Bonchev–Trinajstić information content (AvgIpc) is 2.13. The van der Waals surface area contributed by atoms with Crippen molar-refractivity contribution in [2.45, 2.75) is 45.0 Å². The monoisotopic (exact) mass is 224 g/mol. The number of benzene rings is 1. The molecular formula is C14H18F2. The van der Waals surface area contributed by atoms with Crippen LogP contribution in [0.4, 0.5) is 8.78 Å². The molecule has 0 saturated heterocycles. The summed E-state index contributed by atoms with van der Waals surface area (Å²) in [7, 11) is 0. The van der Waals surface area contributed by atoms with Gasteiger partial charge in [0.15, 0.2) is 0 Å². The van der Waals surface area contributed by atoms with E-state index in [9.17, 15) is 8.78 Å². The van der Waals surface area contributed by atoms with Crippen LogP contribution in [0.5, 0.6) is 0 Å².